The lowest BCUT2D eigenvalue weighted by Crippen LogP contribution is -2.47. The highest BCUT2D eigenvalue weighted by molar-refractivity contribution is 5.95. The van der Waals surface area contributed by atoms with E-state index in [1.54, 1.807) is 27.6 Å². The van der Waals surface area contributed by atoms with E-state index in [2.05, 4.69) is 25.9 Å². The van der Waals surface area contributed by atoms with E-state index in [-0.39, 0.29) is 42.6 Å². The number of benzene rings is 1. The Labute approximate surface area is 226 Å². The number of tetrazole rings is 1. The van der Waals surface area contributed by atoms with Gasteiger partial charge in [0, 0.05) is 44.7 Å². The van der Waals surface area contributed by atoms with Gasteiger partial charge in [0.1, 0.15) is 12.1 Å². The molecule has 2 atom stereocenters. The molecule has 39 heavy (non-hydrogen) atoms. The maximum Gasteiger partial charge on any atom is 0.274 e. The summed E-state index contributed by atoms with van der Waals surface area (Å²) >= 11 is 0. The number of ether oxygens (including phenoxy) is 1. The zero-order valence-electron chi connectivity index (χ0n) is 22.2. The van der Waals surface area contributed by atoms with Crippen molar-refractivity contribution in [3.63, 3.8) is 0 Å². The Morgan fingerprint density at radius 3 is 2.79 bits per heavy atom. The van der Waals surface area contributed by atoms with Crippen LogP contribution in [0.5, 0.6) is 5.75 Å². The van der Waals surface area contributed by atoms with E-state index in [9.17, 15) is 14.4 Å². The minimum atomic E-state index is -0.318. The fraction of sp³-hybridized carbons (Fsp3) is 0.500. The lowest BCUT2D eigenvalue weighted by Gasteiger charge is -2.25. The summed E-state index contributed by atoms with van der Waals surface area (Å²) in [5.41, 5.74) is 2.16. The first-order valence-corrected chi connectivity index (χ1v) is 13.2. The van der Waals surface area contributed by atoms with Crippen LogP contribution in [0.15, 0.2) is 36.7 Å². The summed E-state index contributed by atoms with van der Waals surface area (Å²) in [6.07, 6.45) is 3.13. The number of nitrogens with zero attached hydrogens (tertiary/aromatic N) is 8. The predicted molar refractivity (Wildman–Crippen MR) is 139 cm³/mol. The minimum Gasteiger partial charge on any atom is -0.494 e. The third-order valence-electron chi connectivity index (χ3n) is 7.30. The lowest BCUT2D eigenvalue weighted by molar-refractivity contribution is -0.131. The van der Waals surface area contributed by atoms with Gasteiger partial charge < -0.3 is 19.9 Å². The smallest absolute Gasteiger partial charge is 0.274 e. The molecule has 2 aromatic heterocycles. The van der Waals surface area contributed by atoms with E-state index in [0.29, 0.717) is 44.9 Å². The molecule has 13 nitrogen and oxygen atoms in total. The number of hydrogen-bond donors (Lipinski definition) is 1. The van der Waals surface area contributed by atoms with Crippen LogP contribution in [0, 0.1) is 6.92 Å². The van der Waals surface area contributed by atoms with Crippen molar-refractivity contribution in [3.8, 4) is 5.75 Å². The van der Waals surface area contributed by atoms with Crippen LogP contribution in [0.25, 0.3) is 0 Å². The van der Waals surface area contributed by atoms with Gasteiger partial charge in [-0.25, -0.2) is 4.68 Å². The minimum absolute atomic E-state index is 0.0418. The molecule has 0 spiro atoms. The summed E-state index contributed by atoms with van der Waals surface area (Å²) in [4.78, 5) is 43.0. The Morgan fingerprint density at radius 2 is 2.03 bits per heavy atom. The zero-order chi connectivity index (χ0) is 27.4. The molecule has 2 bridgehead atoms. The predicted octanol–water partition coefficient (Wildman–Crippen LogP) is 0.531. The SMILES string of the molecule is Cc1cc(C(=O)N2CCCCOc3cccc(c3)[C@H]3CN(C(=O)CCn4cnnn4)C[C@@H]3NC(=O)C2)nn1C. The van der Waals surface area contributed by atoms with Gasteiger partial charge in [0.25, 0.3) is 5.91 Å². The molecule has 1 N–H and O–H groups in total. The van der Waals surface area contributed by atoms with Gasteiger partial charge in [0.15, 0.2) is 5.69 Å². The molecule has 0 radical (unpaired) electrons. The van der Waals surface area contributed by atoms with Crippen molar-refractivity contribution in [1.82, 2.24) is 45.1 Å². The van der Waals surface area contributed by atoms with E-state index >= 15 is 0 Å². The number of nitrogens with one attached hydrogen (secondary N) is 1. The van der Waals surface area contributed by atoms with Gasteiger partial charge in [0.2, 0.25) is 11.8 Å². The second-order valence-corrected chi connectivity index (χ2v) is 10.1. The molecular formula is C26H33N9O4. The van der Waals surface area contributed by atoms with Gasteiger partial charge in [-0.3, -0.25) is 19.1 Å². The molecule has 2 aliphatic rings. The monoisotopic (exact) mass is 535 g/mol. The Balaban J connectivity index is 1.34. The highest BCUT2D eigenvalue weighted by Crippen LogP contribution is 2.31. The molecule has 1 aromatic carbocycles. The summed E-state index contributed by atoms with van der Waals surface area (Å²) in [5, 5.41) is 18.5. The number of fused-ring (bicyclic) bond motifs is 4. The molecule has 0 aliphatic carbocycles. The van der Waals surface area contributed by atoms with Crippen molar-refractivity contribution in [2.45, 2.75) is 44.7 Å². The first-order chi connectivity index (χ1) is 18.9. The van der Waals surface area contributed by atoms with Crippen molar-refractivity contribution in [2.75, 3.05) is 32.8 Å². The van der Waals surface area contributed by atoms with Crippen LogP contribution >= 0.6 is 0 Å². The number of carbonyl (C=O) groups excluding carboxylic acids is 3. The molecule has 206 valence electrons. The molecule has 13 heteroatoms. The topological polar surface area (TPSA) is 140 Å². The molecule has 3 aromatic rings. The van der Waals surface area contributed by atoms with Crippen molar-refractivity contribution < 1.29 is 19.1 Å². The standard InChI is InChI=1S/C26H33N9O4/c1-18-12-22(29-32(18)2)26(38)33-9-3-4-11-39-20-7-5-6-19(13-20)21-14-34(15-23(21)28-24(36)16-33)25(37)8-10-35-17-27-30-31-35/h5-7,12-13,17,21,23H,3-4,8-11,14-16H2,1-2H3,(H,28,36)/t21-,23+/m1/s1. The van der Waals surface area contributed by atoms with Crippen LogP contribution in [0.2, 0.25) is 0 Å². The molecular weight excluding hydrogens is 502 g/mol. The molecule has 1 saturated heterocycles. The molecule has 0 saturated carbocycles. The van der Waals surface area contributed by atoms with Gasteiger partial charge in [0.05, 0.1) is 25.7 Å². The van der Waals surface area contributed by atoms with Gasteiger partial charge in [-0.2, -0.15) is 5.10 Å². The molecule has 2 aliphatic heterocycles. The lowest BCUT2D eigenvalue weighted by atomic mass is 9.94. The second kappa shape index (κ2) is 11.6. The van der Waals surface area contributed by atoms with Crippen molar-refractivity contribution in [3.05, 3.63) is 53.6 Å². The van der Waals surface area contributed by atoms with Gasteiger partial charge in [-0.15, -0.1) is 5.10 Å². The van der Waals surface area contributed by atoms with E-state index in [1.165, 1.54) is 11.0 Å². The van der Waals surface area contributed by atoms with E-state index in [1.807, 2.05) is 31.2 Å². The summed E-state index contributed by atoms with van der Waals surface area (Å²) in [6.45, 7) is 3.88. The van der Waals surface area contributed by atoms with Crippen LogP contribution in [0.3, 0.4) is 0 Å². The number of likely N-dealkylation sites (tertiary alicyclic amines) is 1. The van der Waals surface area contributed by atoms with Crippen LogP contribution in [-0.4, -0.2) is 96.3 Å². The molecule has 0 unspecified atom stereocenters. The van der Waals surface area contributed by atoms with Crippen LogP contribution in [0.1, 0.15) is 46.9 Å². The Morgan fingerprint density at radius 1 is 1.15 bits per heavy atom. The van der Waals surface area contributed by atoms with Gasteiger partial charge >= 0.3 is 0 Å². The summed E-state index contributed by atoms with van der Waals surface area (Å²) in [6, 6.07) is 9.24. The summed E-state index contributed by atoms with van der Waals surface area (Å²) in [7, 11) is 1.78. The van der Waals surface area contributed by atoms with Crippen LogP contribution in [0.4, 0.5) is 0 Å². The quantitative estimate of drug-likeness (QED) is 0.510. The maximum atomic E-state index is 13.3. The van der Waals surface area contributed by atoms with Gasteiger partial charge in [-0.05, 0) is 54.0 Å². The van der Waals surface area contributed by atoms with E-state index < -0.39 is 0 Å². The number of hydrogen-bond acceptors (Lipinski definition) is 8. The Kier molecular flexibility index (Phi) is 7.84. The third-order valence-corrected chi connectivity index (χ3v) is 7.30. The molecule has 5 rings (SSSR count). The average molecular weight is 536 g/mol. The normalized spacial score (nSPS) is 20.1. The van der Waals surface area contributed by atoms with E-state index in [0.717, 1.165) is 23.4 Å². The zero-order valence-corrected chi connectivity index (χ0v) is 22.2. The number of aromatic nitrogens is 6. The molecule has 4 heterocycles. The fourth-order valence-corrected chi connectivity index (χ4v) is 5.08. The fourth-order valence-electron chi connectivity index (χ4n) is 5.08. The van der Waals surface area contributed by atoms with Crippen LogP contribution < -0.4 is 10.1 Å². The first-order valence-electron chi connectivity index (χ1n) is 13.2. The molecule has 3 amide bonds. The van der Waals surface area contributed by atoms with Crippen molar-refractivity contribution in [1.29, 1.82) is 0 Å². The number of amides is 3. The summed E-state index contributed by atoms with van der Waals surface area (Å²) < 4.78 is 9.17. The molecule has 1 fully saturated rings. The van der Waals surface area contributed by atoms with Crippen LogP contribution in [-0.2, 0) is 23.2 Å². The Bertz CT molecular complexity index is 1300. The highest BCUT2D eigenvalue weighted by Gasteiger charge is 2.37. The third kappa shape index (κ3) is 6.24. The first kappa shape index (κ1) is 26.3. The number of rotatable bonds is 4. The van der Waals surface area contributed by atoms with E-state index in [4.69, 9.17) is 4.74 Å². The number of carbonyl (C=O) groups is 3. The van der Waals surface area contributed by atoms with Crippen molar-refractivity contribution in [2.24, 2.45) is 7.05 Å². The number of aryl methyl sites for hydroxylation is 3. The van der Waals surface area contributed by atoms with Gasteiger partial charge in [-0.1, -0.05) is 12.1 Å². The second-order valence-electron chi connectivity index (χ2n) is 10.1. The average Bonchev–Trinajstić information content (AvgIpc) is 3.67. The highest BCUT2D eigenvalue weighted by atomic mass is 16.5. The largest absolute Gasteiger partial charge is 0.494 e. The Hall–Kier alpha value is -4.29. The summed E-state index contributed by atoms with van der Waals surface area (Å²) in [5.74, 6) is 0.0304. The van der Waals surface area contributed by atoms with Crippen molar-refractivity contribution >= 4 is 17.7 Å². The maximum absolute atomic E-state index is 13.3.